The maximum Gasteiger partial charge on any atom is 0.306 e. The number of hydrogen-bond acceptors (Lipinski definition) is 7. The van der Waals surface area contributed by atoms with Gasteiger partial charge in [-0.2, -0.15) is 0 Å². The molecule has 0 aliphatic heterocycles. The molecule has 7 heteroatoms. The molecule has 2 heterocycles. The molecule has 2 aromatic heterocycles. The molecule has 1 unspecified atom stereocenters. The Morgan fingerprint density at radius 1 is 1.39 bits per heavy atom. The molecule has 0 aliphatic carbocycles. The van der Waals surface area contributed by atoms with Gasteiger partial charge >= 0.3 is 5.97 Å². The smallest absolute Gasteiger partial charge is 0.306 e. The number of aromatic nitrogens is 1. The Labute approximate surface area is 132 Å². The summed E-state index contributed by atoms with van der Waals surface area (Å²) in [6, 6.07) is 4.30. The average molecular weight is 319 g/mol. The third-order valence-corrected chi connectivity index (χ3v) is 3.26. The maximum absolute atomic E-state index is 11.9. The zero-order valence-corrected chi connectivity index (χ0v) is 12.6. The van der Waals surface area contributed by atoms with Crippen LogP contribution in [0.25, 0.3) is 0 Å². The lowest BCUT2D eigenvalue weighted by molar-refractivity contribution is -0.143. The van der Waals surface area contributed by atoms with E-state index in [-0.39, 0.29) is 24.5 Å². The third-order valence-electron chi connectivity index (χ3n) is 3.26. The van der Waals surface area contributed by atoms with Crippen molar-refractivity contribution in [2.75, 3.05) is 6.61 Å². The van der Waals surface area contributed by atoms with Crippen molar-refractivity contribution in [2.24, 2.45) is 0 Å². The first kappa shape index (κ1) is 16.7. The van der Waals surface area contributed by atoms with Crippen molar-refractivity contribution in [3.63, 3.8) is 0 Å². The predicted molar refractivity (Wildman–Crippen MR) is 79.9 cm³/mol. The minimum absolute atomic E-state index is 0.00529. The summed E-state index contributed by atoms with van der Waals surface area (Å²) in [4.78, 5) is 27.6. The molecule has 2 aromatic rings. The van der Waals surface area contributed by atoms with Gasteiger partial charge in [0.2, 0.25) is 11.2 Å². The molecular weight excluding hydrogens is 302 g/mol. The molecule has 0 bridgehead atoms. The maximum atomic E-state index is 11.9. The van der Waals surface area contributed by atoms with Crippen molar-refractivity contribution in [2.45, 2.75) is 25.9 Å². The Morgan fingerprint density at radius 3 is 2.70 bits per heavy atom. The second-order valence-corrected chi connectivity index (χ2v) is 4.79. The molecule has 23 heavy (non-hydrogen) atoms. The molecule has 2 rings (SSSR count). The molecule has 7 nitrogen and oxygen atoms in total. The fourth-order valence-electron chi connectivity index (χ4n) is 2.21. The number of nitrogens with zero attached hydrogens (tertiary/aromatic N) is 1. The van der Waals surface area contributed by atoms with Crippen LogP contribution < -0.4 is 5.43 Å². The Hall–Kier alpha value is -2.67. The topological polar surface area (TPSA) is 110 Å². The highest BCUT2D eigenvalue weighted by Crippen LogP contribution is 2.33. The van der Waals surface area contributed by atoms with Crippen molar-refractivity contribution in [3.05, 3.63) is 57.9 Å². The molecule has 0 radical (unpaired) electrons. The van der Waals surface area contributed by atoms with Crippen molar-refractivity contribution in [1.82, 2.24) is 4.98 Å². The molecule has 0 aliphatic rings. The lowest BCUT2D eigenvalue weighted by Gasteiger charge is -2.17. The van der Waals surface area contributed by atoms with Gasteiger partial charge in [0, 0.05) is 18.5 Å². The highest BCUT2D eigenvalue weighted by Gasteiger charge is 2.26. The Morgan fingerprint density at radius 2 is 2.09 bits per heavy atom. The van der Waals surface area contributed by atoms with E-state index in [1.54, 1.807) is 19.1 Å². The summed E-state index contributed by atoms with van der Waals surface area (Å²) in [7, 11) is 0. The number of aliphatic hydroxyl groups excluding tert-OH is 1. The minimum Gasteiger partial charge on any atom is -0.502 e. The van der Waals surface area contributed by atoms with Crippen LogP contribution in [0.3, 0.4) is 0 Å². The summed E-state index contributed by atoms with van der Waals surface area (Å²) in [5.74, 6) is -1.89. The van der Waals surface area contributed by atoms with Gasteiger partial charge < -0.3 is 19.4 Å². The summed E-state index contributed by atoms with van der Waals surface area (Å²) in [5.41, 5.74) is -0.0557. The lowest BCUT2D eigenvalue weighted by atomic mass is 9.93. The van der Waals surface area contributed by atoms with Gasteiger partial charge in [-0.05, 0) is 24.6 Å². The van der Waals surface area contributed by atoms with E-state index in [1.807, 2.05) is 0 Å². The van der Waals surface area contributed by atoms with Gasteiger partial charge in [-0.15, -0.1) is 0 Å². The van der Waals surface area contributed by atoms with Crippen LogP contribution in [-0.2, 0) is 16.1 Å². The van der Waals surface area contributed by atoms with Crippen LogP contribution >= 0.6 is 0 Å². The first-order valence-electron chi connectivity index (χ1n) is 7.09. The molecule has 0 amide bonds. The molecule has 0 aromatic carbocycles. The van der Waals surface area contributed by atoms with Gasteiger partial charge in [0.1, 0.15) is 12.4 Å². The number of carbonyl (C=O) groups is 1. The largest absolute Gasteiger partial charge is 0.502 e. The van der Waals surface area contributed by atoms with Gasteiger partial charge in [-0.25, -0.2) is 0 Å². The van der Waals surface area contributed by atoms with E-state index >= 15 is 0 Å². The normalized spacial score (nSPS) is 11.9. The molecule has 0 saturated carbocycles. The van der Waals surface area contributed by atoms with E-state index in [2.05, 4.69) is 4.98 Å². The molecule has 0 fully saturated rings. The van der Waals surface area contributed by atoms with E-state index in [9.17, 15) is 19.8 Å². The third kappa shape index (κ3) is 3.95. The first-order valence-corrected chi connectivity index (χ1v) is 7.09. The summed E-state index contributed by atoms with van der Waals surface area (Å²) < 4.78 is 10.3. The van der Waals surface area contributed by atoms with Crippen LogP contribution in [0, 0.1) is 0 Å². The van der Waals surface area contributed by atoms with E-state index in [0.717, 1.165) is 6.07 Å². The quantitative estimate of drug-likeness (QED) is 0.773. The Balaban J connectivity index is 2.51. The zero-order valence-electron chi connectivity index (χ0n) is 12.6. The molecular formula is C16H17NO6. The second-order valence-electron chi connectivity index (χ2n) is 4.79. The van der Waals surface area contributed by atoms with Crippen LogP contribution in [0.4, 0.5) is 0 Å². The summed E-state index contributed by atoms with van der Waals surface area (Å²) >= 11 is 0. The van der Waals surface area contributed by atoms with Crippen molar-refractivity contribution < 1.29 is 24.2 Å². The number of ether oxygens (including phenoxy) is 1. The van der Waals surface area contributed by atoms with Crippen LogP contribution in [0.1, 0.15) is 36.3 Å². The summed E-state index contributed by atoms with van der Waals surface area (Å²) in [6.45, 7) is 1.41. The fraction of sp³-hybridized carbons (Fsp3) is 0.312. The van der Waals surface area contributed by atoms with Crippen molar-refractivity contribution >= 4 is 5.97 Å². The molecule has 1 atom stereocenters. The van der Waals surface area contributed by atoms with Crippen LogP contribution in [0.15, 0.2) is 39.8 Å². The minimum atomic E-state index is -0.726. The van der Waals surface area contributed by atoms with E-state index in [4.69, 9.17) is 9.15 Å². The Bertz CT molecular complexity index is 725. The number of esters is 1. The number of pyridine rings is 1. The second kappa shape index (κ2) is 7.55. The lowest BCUT2D eigenvalue weighted by Crippen LogP contribution is -2.15. The van der Waals surface area contributed by atoms with Gasteiger partial charge in [-0.3, -0.25) is 14.6 Å². The number of aliphatic hydroxyl groups is 1. The van der Waals surface area contributed by atoms with Crippen molar-refractivity contribution in [1.29, 1.82) is 0 Å². The predicted octanol–water partition coefficient (Wildman–Crippen LogP) is 1.32. The zero-order chi connectivity index (χ0) is 16.8. The highest BCUT2D eigenvalue weighted by molar-refractivity contribution is 5.71. The number of aromatic hydroxyl groups is 1. The number of hydrogen-bond donors (Lipinski definition) is 2. The Kier molecular flexibility index (Phi) is 5.48. The van der Waals surface area contributed by atoms with Gasteiger partial charge in [0.05, 0.1) is 18.9 Å². The van der Waals surface area contributed by atoms with E-state index in [0.29, 0.717) is 5.56 Å². The molecule has 0 saturated heterocycles. The van der Waals surface area contributed by atoms with Crippen LogP contribution in [0.5, 0.6) is 5.75 Å². The summed E-state index contributed by atoms with van der Waals surface area (Å²) in [5, 5.41) is 19.2. The molecule has 0 spiro atoms. The molecule has 122 valence electrons. The number of rotatable bonds is 6. The first-order chi connectivity index (χ1) is 11.1. The van der Waals surface area contributed by atoms with Gasteiger partial charge in [-0.1, -0.05) is 0 Å². The van der Waals surface area contributed by atoms with Crippen LogP contribution in [0.2, 0.25) is 0 Å². The SMILES string of the molecule is CCOC(=O)CC(c1ccncc1)c1oc(CO)cc(=O)c1O. The standard InChI is InChI=1S/C16H17NO6/c1-2-22-14(20)8-12(10-3-5-17-6-4-10)16-15(21)13(19)7-11(9-18)23-16/h3-7,12,18,21H,2,8-9H2,1H3. The monoisotopic (exact) mass is 319 g/mol. The average Bonchev–Trinajstić information content (AvgIpc) is 2.56. The fourth-order valence-corrected chi connectivity index (χ4v) is 2.21. The highest BCUT2D eigenvalue weighted by atomic mass is 16.5. The number of carbonyl (C=O) groups excluding carboxylic acids is 1. The van der Waals surface area contributed by atoms with Gasteiger partial charge in [0.25, 0.3) is 0 Å². The van der Waals surface area contributed by atoms with Crippen molar-refractivity contribution in [3.8, 4) is 5.75 Å². The van der Waals surface area contributed by atoms with Crippen LogP contribution in [-0.4, -0.2) is 27.8 Å². The van der Waals surface area contributed by atoms with Gasteiger partial charge in [0.15, 0.2) is 5.76 Å². The van der Waals surface area contributed by atoms with E-state index in [1.165, 1.54) is 12.4 Å². The summed E-state index contributed by atoms with van der Waals surface area (Å²) in [6.07, 6.45) is 2.93. The molecule has 2 N–H and O–H groups in total. The van der Waals surface area contributed by atoms with E-state index < -0.39 is 29.7 Å².